The van der Waals surface area contributed by atoms with E-state index >= 15 is 0 Å². The second kappa shape index (κ2) is 5.95. The van der Waals surface area contributed by atoms with Crippen LogP contribution in [0.1, 0.15) is 36.2 Å². The minimum absolute atomic E-state index is 0.0208. The lowest BCUT2D eigenvalue weighted by molar-refractivity contribution is -0.138. The average molecular weight is 260 g/mol. The van der Waals surface area contributed by atoms with Crippen LogP contribution in [0.5, 0.6) is 0 Å². The summed E-state index contributed by atoms with van der Waals surface area (Å²) in [6, 6.07) is 1.01. The Kier molecular flexibility index (Phi) is 4.84. The van der Waals surface area contributed by atoms with E-state index in [-0.39, 0.29) is 18.0 Å². The Balaban J connectivity index is 2.80. The van der Waals surface area contributed by atoms with Crippen molar-refractivity contribution in [2.75, 3.05) is 6.54 Å². The first-order valence-corrected chi connectivity index (χ1v) is 5.60. The van der Waals surface area contributed by atoms with Crippen LogP contribution in [-0.4, -0.2) is 23.4 Å². The summed E-state index contributed by atoms with van der Waals surface area (Å²) >= 11 is 0. The topological polar surface area (TPSA) is 42.0 Å². The maximum absolute atomic E-state index is 12.7. The lowest BCUT2D eigenvalue weighted by atomic mass is 10.0. The van der Waals surface area contributed by atoms with Crippen molar-refractivity contribution in [3.8, 4) is 0 Å². The summed E-state index contributed by atoms with van der Waals surface area (Å²) in [5.74, 6) is -0.552. The van der Waals surface area contributed by atoms with Crippen molar-refractivity contribution in [2.24, 2.45) is 0 Å². The highest BCUT2D eigenvalue weighted by Crippen LogP contribution is 2.31. The van der Waals surface area contributed by atoms with Gasteiger partial charge < -0.3 is 5.32 Å². The van der Waals surface area contributed by atoms with Crippen LogP contribution in [0, 0.1) is 0 Å². The second-order valence-corrected chi connectivity index (χ2v) is 4.20. The first-order valence-electron chi connectivity index (χ1n) is 5.60. The molecule has 18 heavy (non-hydrogen) atoms. The van der Waals surface area contributed by atoms with Crippen molar-refractivity contribution in [1.29, 1.82) is 0 Å². The van der Waals surface area contributed by atoms with Gasteiger partial charge in [-0.3, -0.25) is 9.78 Å². The van der Waals surface area contributed by atoms with Gasteiger partial charge >= 0.3 is 6.18 Å². The first kappa shape index (κ1) is 14.6. The lowest BCUT2D eigenvalue weighted by Gasteiger charge is -2.12. The molecule has 1 N–H and O–H groups in total. The van der Waals surface area contributed by atoms with Crippen LogP contribution >= 0.6 is 0 Å². The quantitative estimate of drug-likeness (QED) is 0.828. The van der Waals surface area contributed by atoms with Gasteiger partial charge in [0, 0.05) is 37.0 Å². The van der Waals surface area contributed by atoms with Gasteiger partial charge in [0.05, 0.1) is 5.56 Å². The van der Waals surface area contributed by atoms with E-state index in [0.717, 1.165) is 18.5 Å². The molecule has 1 rings (SSSR count). The molecular weight excluding hydrogens is 245 g/mol. The molecule has 1 aromatic heterocycles. The van der Waals surface area contributed by atoms with Gasteiger partial charge in [0.2, 0.25) is 0 Å². The molecule has 0 fully saturated rings. The van der Waals surface area contributed by atoms with E-state index in [0.29, 0.717) is 6.54 Å². The van der Waals surface area contributed by atoms with E-state index in [4.69, 9.17) is 0 Å². The predicted molar refractivity (Wildman–Crippen MR) is 61.3 cm³/mol. The van der Waals surface area contributed by atoms with Gasteiger partial charge in [-0.25, -0.2) is 0 Å². The smallest absolute Gasteiger partial charge is 0.314 e. The number of rotatable bonds is 5. The number of pyridine rings is 1. The van der Waals surface area contributed by atoms with Crippen LogP contribution in [0.25, 0.3) is 0 Å². The largest absolute Gasteiger partial charge is 0.417 e. The molecule has 1 aromatic rings. The lowest BCUT2D eigenvalue weighted by Crippen LogP contribution is -2.26. The molecule has 6 heteroatoms. The van der Waals surface area contributed by atoms with Crippen molar-refractivity contribution < 1.29 is 18.0 Å². The Labute approximate surface area is 103 Å². The molecule has 0 amide bonds. The van der Waals surface area contributed by atoms with Gasteiger partial charge in [0.15, 0.2) is 5.78 Å². The molecule has 3 nitrogen and oxygen atoms in total. The molecule has 0 unspecified atom stereocenters. The van der Waals surface area contributed by atoms with Crippen LogP contribution in [-0.2, 0) is 6.18 Å². The average Bonchev–Trinajstić information content (AvgIpc) is 2.27. The number of Topliss-reactive ketones (excluding diaryl/α,β-unsaturated/α-hetero) is 1. The highest BCUT2D eigenvalue weighted by molar-refractivity contribution is 5.97. The Morgan fingerprint density at radius 1 is 1.44 bits per heavy atom. The Morgan fingerprint density at radius 3 is 2.67 bits per heavy atom. The zero-order chi connectivity index (χ0) is 13.8. The van der Waals surface area contributed by atoms with Gasteiger partial charge in [-0.05, 0) is 6.07 Å². The van der Waals surface area contributed by atoms with Gasteiger partial charge in [-0.1, -0.05) is 13.8 Å². The minimum atomic E-state index is -4.53. The first-order chi connectivity index (χ1) is 8.32. The summed E-state index contributed by atoms with van der Waals surface area (Å²) < 4.78 is 38.0. The molecule has 1 heterocycles. The third-order valence-electron chi connectivity index (χ3n) is 2.33. The molecule has 100 valence electrons. The van der Waals surface area contributed by atoms with Crippen LogP contribution in [0.15, 0.2) is 18.5 Å². The summed E-state index contributed by atoms with van der Waals surface area (Å²) in [5.41, 5.74) is -1.29. The van der Waals surface area contributed by atoms with E-state index in [9.17, 15) is 18.0 Å². The van der Waals surface area contributed by atoms with Crippen LogP contribution in [0.3, 0.4) is 0 Å². The second-order valence-electron chi connectivity index (χ2n) is 4.20. The fourth-order valence-electron chi connectivity index (χ4n) is 1.47. The Morgan fingerprint density at radius 2 is 2.11 bits per heavy atom. The van der Waals surface area contributed by atoms with Crippen molar-refractivity contribution in [3.63, 3.8) is 0 Å². The molecule has 0 radical (unpaired) electrons. The molecule has 0 bridgehead atoms. The van der Waals surface area contributed by atoms with E-state index in [1.54, 1.807) is 0 Å². The van der Waals surface area contributed by atoms with Gasteiger partial charge in [-0.15, -0.1) is 0 Å². The SMILES string of the molecule is CC(C)NCCC(=O)c1cnccc1C(F)(F)F. The number of aromatic nitrogens is 1. The van der Waals surface area contributed by atoms with Crippen molar-refractivity contribution in [3.05, 3.63) is 29.6 Å². The van der Waals surface area contributed by atoms with Gasteiger partial charge in [0.25, 0.3) is 0 Å². The van der Waals surface area contributed by atoms with Crippen molar-refractivity contribution in [1.82, 2.24) is 10.3 Å². The predicted octanol–water partition coefficient (Wildman–Crippen LogP) is 2.67. The van der Waals surface area contributed by atoms with Crippen LogP contribution in [0.4, 0.5) is 13.2 Å². The Bertz CT molecular complexity index is 416. The monoisotopic (exact) mass is 260 g/mol. The molecule has 0 aromatic carbocycles. The van der Waals surface area contributed by atoms with E-state index < -0.39 is 17.5 Å². The van der Waals surface area contributed by atoms with Crippen LogP contribution in [0.2, 0.25) is 0 Å². The number of alkyl halides is 3. The molecule has 0 saturated heterocycles. The molecule has 0 saturated carbocycles. The summed E-state index contributed by atoms with van der Waals surface area (Å²) in [6.07, 6.45) is -2.50. The number of hydrogen-bond acceptors (Lipinski definition) is 3. The normalized spacial score (nSPS) is 11.9. The number of halogens is 3. The number of nitrogens with one attached hydrogen (secondary N) is 1. The highest BCUT2D eigenvalue weighted by Gasteiger charge is 2.34. The summed E-state index contributed by atoms with van der Waals surface area (Å²) in [6.45, 7) is 4.15. The molecule has 0 aliphatic carbocycles. The van der Waals surface area contributed by atoms with Gasteiger partial charge in [-0.2, -0.15) is 13.2 Å². The van der Waals surface area contributed by atoms with E-state index in [2.05, 4.69) is 10.3 Å². The maximum Gasteiger partial charge on any atom is 0.417 e. The van der Waals surface area contributed by atoms with Gasteiger partial charge in [0.1, 0.15) is 0 Å². The standard InChI is InChI=1S/C12H15F3N2O/c1-8(2)17-6-4-11(18)9-7-16-5-3-10(9)12(13,14)15/h3,5,7-8,17H,4,6H2,1-2H3. The maximum atomic E-state index is 12.7. The number of carbonyl (C=O) groups excluding carboxylic acids is 1. The van der Waals surface area contributed by atoms with Crippen molar-refractivity contribution in [2.45, 2.75) is 32.5 Å². The minimum Gasteiger partial charge on any atom is -0.314 e. The summed E-state index contributed by atoms with van der Waals surface area (Å²) in [5, 5.41) is 2.98. The van der Waals surface area contributed by atoms with E-state index in [1.165, 1.54) is 0 Å². The molecule has 0 spiro atoms. The third kappa shape index (κ3) is 4.10. The fourth-order valence-corrected chi connectivity index (χ4v) is 1.47. The number of nitrogens with zero attached hydrogens (tertiary/aromatic N) is 1. The molecule has 0 atom stereocenters. The van der Waals surface area contributed by atoms with E-state index in [1.807, 2.05) is 13.8 Å². The Hall–Kier alpha value is -1.43. The molecule has 0 aliphatic heterocycles. The zero-order valence-electron chi connectivity index (χ0n) is 10.2. The number of hydrogen-bond donors (Lipinski definition) is 1. The molecular formula is C12H15F3N2O. The fraction of sp³-hybridized carbons (Fsp3) is 0.500. The number of ketones is 1. The zero-order valence-corrected chi connectivity index (χ0v) is 10.2. The molecule has 0 aliphatic rings. The highest BCUT2D eigenvalue weighted by atomic mass is 19.4. The number of carbonyl (C=O) groups is 1. The third-order valence-corrected chi connectivity index (χ3v) is 2.33. The van der Waals surface area contributed by atoms with Crippen molar-refractivity contribution >= 4 is 5.78 Å². The summed E-state index contributed by atoms with van der Waals surface area (Å²) in [4.78, 5) is 15.3. The summed E-state index contributed by atoms with van der Waals surface area (Å²) in [7, 11) is 0. The van der Waals surface area contributed by atoms with Crippen LogP contribution < -0.4 is 5.32 Å².